The quantitative estimate of drug-likeness (QED) is 0.810. The average Bonchev–Trinajstić information content (AvgIpc) is 2.54. The maximum atomic E-state index is 13.0. The van der Waals surface area contributed by atoms with Crippen LogP contribution in [0.2, 0.25) is 5.02 Å². The number of halogens is 2. The van der Waals surface area contributed by atoms with Gasteiger partial charge in [-0.2, -0.15) is 0 Å². The Bertz CT molecular complexity index is 721. The lowest BCUT2D eigenvalue weighted by Gasteiger charge is -2.14. The molecular formula is C17H15ClFNO4. The third kappa shape index (κ3) is 5.55. The van der Waals surface area contributed by atoms with Crippen molar-refractivity contribution in [1.82, 2.24) is 0 Å². The highest BCUT2D eigenvalue weighted by atomic mass is 35.5. The lowest BCUT2D eigenvalue weighted by Crippen LogP contribution is -2.29. The van der Waals surface area contributed by atoms with Crippen LogP contribution in [0.5, 0.6) is 5.75 Å². The molecule has 1 amide bonds. The molecule has 0 saturated heterocycles. The predicted octanol–water partition coefficient (Wildman–Crippen LogP) is 3.43. The van der Waals surface area contributed by atoms with Gasteiger partial charge >= 0.3 is 5.97 Å². The molecule has 24 heavy (non-hydrogen) atoms. The van der Waals surface area contributed by atoms with Crippen LogP contribution in [0.1, 0.15) is 6.92 Å². The first kappa shape index (κ1) is 17.7. The zero-order valence-electron chi connectivity index (χ0n) is 12.8. The number of benzene rings is 2. The van der Waals surface area contributed by atoms with Gasteiger partial charge in [-0.1, -0.05) is 17.7 Å². The fourth-order valence-corrected chi connectivity index (χ4v) is 1.91. The number of ether oxygens (including phenoxy) is 2. The van der Waals surface area contributed by atoms with E-state index in [9.17, 15) is 14.0 Å². The lowest BCUT2D eigenvalue weighted by atomic mass is 10.3. The van der Waals surface area contributed by atoms with Crippen molar-refractivity contribution in [2.24, 2.45) is 0 Å². The van der Waals surface area contributed by atoms with Crippen molar-refractivity contribution in [3.05, 3.63) is 59.4 Å². The van der Waals surface area contributed by atoms with Gasteiger partial charge in [0.05, 0.1) is 0 Å². The Hall–Kier alpha value is -2.60. The van der Waals surface area contributed by atoms with Crippen LogP contribution in [-0.4, -0.2) is 24.6 Å². The second-order valence-corrected chi connectivity index (χ2v) is 5.32. The topological polar surface area (TPSA) is 64.6 Å². The Kier molecular flexibility index (Phi) is 6.14. The van der Waals surface area contributed by atoms with Gasteiger partial charge in [-0.15, -0.1) is 0 Å². The normalized spacial score (nSPS) is 11.5. The van der Waals surface area contributed by atoms with E-state index in [-0.39, 0.29) is 5.69 Å². The minimum atomic E-state index is -0.895. The second-order valence-electron chi connectivity index (χ2n) is 4.88. The van der Waals surface area contributed by atoms with Crippen molar-refractivity contribution >= 4 is 29.2 Å². The smallest absolute Gasteiger partial charge is 0.347 e. The average molecular weight is 352 g/mol. The largest absolute Gasteiger partial charge is 0.479 e. The lowest BCUT2D eigenvalue weighted by molar-refractivity contribution is -0.153. The van der Waals surface area contributed by atoms with Gasteiger partial charge in [0.1, 0.15) is 11.6 Å². The molecule has 0 aromatic heterocycles. The number of hydrogen-bond acceptors (Lipinski definition) is 4. The molecule has 0 aliphatic rings. The second kappa shape index (κ2) is 8.31. The van der Waals surface area contributed by atoms with Crippen molar-refractivity contribution in [2.75, 3.05) is 11.9 Å². The van der Waals surface area contributed by atoms with Crippen molar-refractivity contribution in [1.29, 1.82) is 0 Å². The monoisotopic (exact) mass is 351 g/mol. The maximum absolute atomic E-state index is 13.0. The number of nitrogens with one attached hydrogen (secondary N) is 1. The van der Waals surface area contributed by atoms with Crippen LogP contribution in [0.4, 0.5) is 10.1 Å². The van der Waals surface area contributed by atoms with E-state index in [1.807, 2.05) is 0 Å². The van der Waals surface area contributed by atoms with Crippen molar-refractivity contribution in [3.63, 3.8) is 0 Å². The van der Waals surface area contributed by atoms with Crippen molar-refractivity contribution in [2.45, 2.75) is 13.0 Å². The summed E-state index contributed by atoms with van der Waals surface area (Å²) in [7, 11) is 0. The Morgan fingerprint density at radius 1 is 1.21 bits per heavy atom. The fraction of sp³-hybridized carbons (Fsp3) is 0.176. The Balaban J connectivity index is 1.79. The predicted molar refractivity (Wildman–Crippen MR) is 87.5 cm³/mol. The summed E-state index contributed by atoms with van der Waals surface area (Å²) in [6, 6.07) is 11.9. The summed E-state index contributed by atoms with van der Waals surface area (Å²) in [5.74, 6) is -1.30. The Labute approximate surface area is 143 Å². The molecule has 0 bridgehead atoms. The molecule has 0 aliphatic carbocycles. The van der Waals surface area contributed by atoms with Gasteiger partial charge in [0.25, 0.3) is 5.91 Å². The molecular weight excluding hydrogens is 337 g/mol. The fourth-order valence-electron chi connectivity index (χ4n) is 1.78. The summed E-state index contributed by atoms with van der Waals surface area (Å²) in [6.07, 6.45) is -0.895. The van der Waals surface area contributed by atoms with Gasteiger partial charge in [-0.05, 0) is 49.4 Å². The van der Waals surface area contributed by atoms with Crippen molar-refractivity contribution in [3.8, 4) is 5.75 Å². The molecule has 0 radical (unpaired) electrons. The van der Waals surface area contributed by atoms with Gasteiger partial charge in [0.15, 0.2) is 12.7 Å². The van der Waals surface area contributed by atoms with Gasteiger partial charge in [-0.3, -0.25) is 4.79 Å². The van der Waals surface area contributed by atoms with Gasteiger partial charge in [-0.25, -0.2) is 9.18 Å². The van der Waals surface area contributed by atoms with Gasteiger partial charge in [0.2, 0.25) is 0 Å². The van der Waals surface area contributed by atoms with E-state index >= 15 is 0 Å². The van der Waals surface area contributed by atoms with E-state index in [0.717, 1.165) is 6.07 Å². The summed E-state index contributed by atoms with van der Waals surface area (Å²) >= 11 is 5.76. The Morgan fingerprint density at radius 2 is 1.92 bits per heavy atom. The third-order valence-corrected chi connectivity index (χ3v) is 3.16. The first-order chi connectivity index (χ1) is 11.4. The van der Waals surface area contributed by atoms with Gasteiger partial charge in [0, 0.05) is 10.7 Å². The first-order valence-electron chi connectivity index (χ1n) is 7.08. The van der Waals surface area contributed by atoms with Gasteiger partial charge < -0.3 is 14.8 Å². The molecule has 0 heterocycles. The highest BCUT2D eigenvalue weighted by molar-refractivity contribution is 6.30. The first-order valence-corrected chi connectivity index (χ1v) is 7.46. The van der Waals surface area contributed by atoms with Crippen LogP contribution in [-0.2, 0) is 14.3 Å². The van der Waals surface area contributed by atoms with E-state index in [1.54, 1.807) is 24.3 Å². The van der Waals surface area contributed by atoms with Crippen LogP contribution in [0.3, 0.4) is 0 Å². The molecule has 1 atom stereocenters. The number of carbonyl (C=O) groups is 2. The summed E-state index contributed by atoms with van der Waals surface area (Å²) < 4.78 is 23.3. The van der Waals surface area contributed by atoms with Crippen molar-refractivity contribution < 1.29 is 23.5 Å². The Morgan fingerprint density at radius 3 is 2.58 bits per heavy atom. The molecule has 2 rings (SSSR count). The number of amides is 1. The molecule has 0 spiro atoms. The van der Waals surface area contributed by atoms with Crippen LogP contribution in [0.15, 0.2) is 48.5 Å². The molecule has 7 heteroatoms. The molecule has 126 valence electrons. The van der Waals surface area contributed by atoms with E-state index in [0.29, 0.717) is 10.8 Å². The third-order valence-electron chi connectivity index (χ3n) is 2.91. The summed E-state index contributed by atoms with van der Waals surface area (Å²) in [5, 5.41) is 2.97. The minimum Gasteiger partial charge on any atom is -0.479 e. The van der Waals surface area contributed by atoms with Crippen LogP contribution >= 0.6 is 11.6 Å². The summed E-state index contributed by atoms with van der Waals surface area (Å²) in [5.41, 5.74) is 0.279. The van der Waals surface area contributed by atoms with E-state index in [2.05, 4.69) is 5.32 Å². The zero-order chi connectivity index (χ0) is 17.5. The summed E-state index contributed by atoms with van der Waals surface area (Å²) in [4.78, 5) is 23.5. The molecule has 5 nitrogen and oxygen atoms in total. The van der Waals surface area contributed by atoms with Crippen LogP contribution in [0.25, 0.3) is 0 Å². The highest BCUT2D eigenvalue weighted by Gasteiger charge is 2.18. The van der Waals surface area contributed by atoms with E-state index in [4.69, 9.17) is 21.1 Å². The molecule has 0 saturated carbocycles. The molecule has 0 fully saturated rings. The van der Waals surface area contributed by atoms with E-state index < -0.39 is 30.4 Å². The zero-order valence-corrected chi connectivity index (χ0v) is 13.5. The maximum Gasteiger partial charge on any atom is 0.347 e. The molecule has 2 aromatic carbocycles. The van der Waals surface area contributed by atoms with Crippen LogP contribution < -0.4 is 10.1 Å². The molecule has 0 unspecified atom stereocenters. The highest BCUT2D eigenvalue weighted by Crippen LogP contribution is 2.17. The molecule has 2 aromatic rings. The standard InChI is InChI=1S/C17H15ClFNO4/c1-11(24-15-7-5-12(18)6-8-15)17(22)23-10-16(21)20-14-4-2-3-13(19)9-14/h2-9,11H,10H2,1H3,(H,20,21)/t11-/m0/s1. The SMILES string of the molecule is C[C@H](Oc1ccc(Cl)cc1)C(=O)OCC(=O)Nc1cccc(F)c1. The molecule has 0 aliphatic heterocycles. The molecule has 1 N–H and O–H groups in total. The number of carbonyl (C=O) groups excluding carboxylic acids is 2. The minimum absolute atomic E-state index is 0.279. The number of esters is 1. The number of rotatable bonds is 6. The summed E-state index contributed by atoms with van der Waals surface area (Å²) in [6.45, 7) is 1.01. The number of hydrogen-bond donors (Lipinski definition) is 1. The number of anilines is 1. The van der Waals surface area contributed by atoms with E-state index in [1.165, 1.54) is 25.1 Å². The van der Waals surface area contributed by atoms with Crippen LogP contribution in [0, 0.1) is 5.82 Å².